The molecule has 0 amide bonds. The third-order valence-corrected chi connectivity index (χ3v) is 1.03. The Morgan fingerprint density at radius 1 is 1.40 bits per heavy atom. The first-order valence-electron chi connectivity index (χ1n) is 3.28. The van der Waals surface area contributed by atoms with Gasteiger partial charge in [0.1, 0.15) is 6.61 Å². The van der Waals surface area contributed by atoms with Gasteiger partial charge in [0.05, 0.1) is 19.0 Å². The molecule has 58 valence electrons. The molecule has 0 saturated carbocycles. The Hall–Kier alpha value is -0.760. The molecule has 0 rings (SSSR count). The maximum Gasteiger partial charge on any atom is 0.111 e. The molecule has 1 atom stereocenters. The molecular weight excluding hydrogens is 128 g/mol. The fraction of sp³-hybridized carbons (Fsp3) is 0.500. The van der Waals surface area contributed by atoms with Crippen molar-refractivity contribution in [2.75, 3.05) is 13.2 Å². The van der Waals surface area contributed by atoms with Crippen LogP contribution >= 0.6 is 0 Å². The van der Waals surface area contributed by atoms with Gasteiger partial charge in [-0.1, -0.05) is 12.7 Å². The third kappa shape index (κ3) is 5.38. The van der Waals surface area contributed by atoms with Crippen LogP contribution in [0.4, 0.5) is 0 Å². The Kier molecular flexibility index (Phi) is 5.88. The summed E-state index contributed by atoms with van der Waals surface area (Å²) >= 11 is 0. The van der Waals surface area contributed by atoms with Gasteiger partial charge in [-0.25, -0.2) is 0 Å². The van der Waals surface area contributed by atoms with E-state index in [2.05, 4.69) is 13.2 Å². The van der Waals surface area contributed by atoms with Crippen LogP contribution in [0.2, 0.25) is 0 Å². The van der Waals surface area contributed by atoms with E-state index in [1.54, 1.807) is 6.08 Å². The van der Waals surface area contributed by atoms with Gasteiger partial charge in [0.25, 0.3) is 0 Å². The monoisotopic (exact) mass is 142 g/mol. The Labute approximate surface area is 62.1 Å². The Morgan fingerprint density at radius 3 is 2.60 bits per heavy atom. The van der Waals surface area contributed by atoms with Crippen molar-refractivity contribution in [1.82, 2.24) is 0 Å². The van der Waals surface area contributed by atoms with Crippen molar-refractivity contribution >= 4 is 0 Å². The van der Waals surface area contributed by atoms with Crippen LogP contribution in [0, 0.1) is 0 Å². The van der Waals surface area contributed by atoms with E-state index in [1.165, 1.54) is 6.26 Å². The SMILES string of the molecule is C=COCCOC(C)C=C. The highest BCUT2D eigenvalue weighted by Gasteiger charge is 1.92. The number of ether oxygens (including phenoxy) is 2. The van der Waals surface area contributed by atoms with Crippen LogP contribution in [-0.4, -0.2) is 19.3 Å². The molecule has 0 aliphatic heterocycles. The van der Waals surface area contributed by atoms with Crippen molar-refractivity contribution < 1.29 is 9.47 Å². The van der Waals surface area contributed by atoms with Crippen molar-refractivity contribution in [1.29, 1.82) is 0 Å². The van der Waals surface area contributed by atoms with Gasteiger partial charge in [0.2, 0.25) is 0 Å². The minimum atomic E-state index is 0.105. The van der Waals surface area contributed by atoms with E-state index >= 15 is 0 Å². The topological polar surface area (TPSA) is 18.5 Å². The quantitative estimate of drug-likeness (QED) is 0.319. The standard InChI is InChI=1S/C8H14O2/c1-4-8(3)10-7-6-9-5-2/h4-5,8H,1-2,6-7H2,3H3. The highest BCUT2D eigenvalue weighted by molar-refractivity contribution is 4.74. The van der Waals surface area contributed by atoms with Gasteiger partial charge in [0, 0.05) is 0 Å². The van der Waals surface area contributed by atoms with Crippen LogP contribution in [0.5, 0.6) is 0 Å². The third-order valence-electron chi connectivity index (χ3n) is 1.03. The van der Waals surface area contributed by atoms with Crippen LogP contribution < -0.4 is 0 Å². The summed E-state index contributed by atoms with van der Waals surface area (Å²) in [4.78, 5) is 0. The van der Waals surface area contributed by atoms with Crippen LogP contribution in [-0.2, 0) is 9.47 Å². The summed E-state index contributed by atoms with van der Waals surface area (Å²) in [7, 11) is 0. The van der Waals surface area contributed by atoms with Crippen LogP contribution in [0.15, 0.2) is 25.5 Å². The lowest BCUT2D eigenvalue weighted by Crippen LogP contribution is -2.08. The highest BCUT2D eigenvalue weighted by atomic mass is 16.5. The summed E-state index contributed by atoms with van der Waals surface area (Å²) in [6, 6.07) is 0. The Balaban J connectivity index is 3.02. The Bertz CT molecular complexity index is 99.4. The average molecular weight is 142 g/mol. The highest BCUT2D eigenvalue weighted by Crippen LogP contribution is 1.89. The van der Waals surface area contributed by atoms with Crippen molar-refractivity contribution in [3.05, 3.63) is 25.5 Å². The summed E-state index contributed by atoms with van der Waals surface area (Å²) in [5, 5.41) is 0. The smallest absolute Gasteiger partial charge is 0.111 e. The predicted molar refractivity (Wildman–Crippen MR) is 41.8 cm³/mol. The minimum absolute atomic E-state index is 0.105. The van der Waals surface area contributed by atoms with E-state index in [-0.39, 0.29) is 6.10 Å². The molecule has 1 unspecified atom stereocenters. The average Bonchev–Trinajstić information content (AvgIpc) is 1.98. The van der Waals surface area contributed by atoms with Crippen LogP contribution in [0.1, 0.15) is 6.92 Å². The molecule has 0 aliphatic carbocycles. The molecule has 0 spiro atoms. The Morgan fingerprint density at radius 2 is 2.10 bits per heavy atom. The predicted octanol–water partition coefficient (Wildman–Crippen LogP) is 1.74. The molecule has 0 bridgehead atoms. The first-order valence-corrected chi connectivity index (χ1v) is 3.28. The second-order valence-corrected chi connectivity index (χ2v) is 1.85. The van der Waals surface area contributed by atoms with E-state index in [0.717, 1.165) is 0 Å². The van der Waals surface area contributed by atoms with E-state index in [0.29, 0.717) is 13.2 Å². The summed E-state index contributed by atoms with van der Waals surface area (Å²) in [5.74, 6) is 0. The minimum Gasteiger partial charge on any atom is -0.499 e. The van der Waals surface area contributed by atoms with E-state index in [9.17, 15) is 0 Å². The zero-order valence-corrected chi connectivity index (χ0v) is 6.38. The first-order chi connectivity index (χ1) is 4.81. The van der Waals surface area contributed by atoms with Gasteiger partial charge in [0.15, 0.2) is 0 Å². The molecule has 0 aromatic heterocycles. The molecule has 0 saturated heterocycles. The second-order valence-electron chi connectivity index (χ2n) is 1.85. The van der Waals surface area contributed by atoms with E-state index in [1.807, 2.05) is 6.92 Å². The van der Waals surface area contributed by atoms with Crippen LogP contribution in [0.3, 0.4) is 0 Å². The van der Waals surface area contributed by atoms with E-state index in [4.69, 9.17) is 9.47 Å². The number of hydrogen-bond acceptors (Lipinski definition) is 2. The molecule has 2 heteroatoms. The van der Waals surface area contributed by atoms with E-state index < -0.39 is 0 Å². The summed E-state index contributed by atoms with van der Waals surface area (Å²) in [5.41, 5.74) is 0. The molecule has 10 heavy (non-hydrogen) atoms. The maximum atomic E-state index is 5.20. The molecule has 0 aromatic carbocycles. The van der Waals surface area contributed by atoms with Gasteiger partial charge >= 0.3 is 0 Å². The summed E-state index contributed by atoms with van der Waals surface area (Å²) in [6.45, 7) is 10.0. The summed E-state index contributed by atoms with van der Waals surface area (Å²) < 4.78 is 10.0. The second kappa shape index (κ2) is 6.36. The van der Waals surface area contributed by atoms with Crippen molar-refractivity contribution in [3.63, 3.8) is 0 Å². The molecular formula is C8H14O2. The van der Waals surface area contributed by atoms with Crippen molar-refractivity contribution in [2.45, 2.75) is 13.0 Å². The largest absolute Gasteiger partial charge is 0.499 e. The lowest BCUT2D eigenvalue weighted by molar-refractivity contribution is 0.0589. The lowest BCUT2D eigenvalue weighted by atomic mass is 10.4. The fourth-order valence-electron chi connectivity index (χ4n) is 0.433. The molecule has 0 radical (unpaired) electrons. The van der Waals surface area contributed by atoms with Gasteiger partial charge < -0.3 is 9.47 Å². The number of hydrogen-bond donors (Lipinski definition) is 0. The zero-order valence-electron chi connectivity index (χ0n) is 6.38. The molecule has 2 nitrogen and oxygen atoms in total. The van der Waals surface area contributed by atoms with Gasteiger partial charge in [-0.2, -0.15) is 0 Å². The first kappa shape index (κ1) is 9.24. The zero-order chi connectivity index (χ0) is 7.82. The van der Waals surface area contributed by atoms with Gasteiger partial charge in [-0.15, -0.1) is 6.58 Å². The molecule has 0 N–H and O–H groups in total. The van der Waals surface area contributed by atoms with Crippen LogP contribution in [0.25, 0.3) is 0 Å². The van der Waals surface area contributed by atoms with Crippen molar-refractivity contribution in [2.24, 2.45) is 0 Å². The molecule has 0 aliphatic rings. The molecule has 0 aromatic rings. The van der Waals surface area contributed by atoms with Crippen molar-refractivity contribution in [3.8, 4) is 0 Å². The molecule has 0 heterocycles. The summed E-state index contributed by atoms with van der Waals surface area (Å²) in [6.07, 6.45) is 3.25. The fourth-order valence-corrected chi connectivity index (χ4v) is 0.433. The lowest BCUT2D eigenvalue weighted by Gasteiger charge is -2.06. The van der Waals surface area contributed by atoms with Gasteiger partial charge in [-0.3, -0.25) is 0 Å². The van der Waals surface area contributed by atoms with Gasteiger partial charge in [-0.05, 0) is 6.92 Å². The number of rotatable bonds is 6. The normalized spacial score (nSPS) is 12.1. The molecule has 0 fully saturated rings. The maximum absolute atomic E-state index is 5.20.